The molecule has 132 valence electrons. The standard InChI is InChI=1S/C18H38N2OS/c1-17(19)15-13-11-9-7-5-3-4-6-8-10-12-14-16-20(2)18(21)22/h3,5,17-18,21-22H,4,6-16,19H2,1-2H3. The predicted octanol–water partition coefficient (Wildman–Crippen LogP) is 4.32. The van der Waals surface area contributed by atoms with Gasteiger partial charge in [-0.15, -0.1) is 12.6 Å². The molecule has 2 unspecified atom stereocenters. The molecule has 0 saturated carbocycles. The van der Waals surface area contributed by atoms with Gasteiger partial charge in [0.25, 0.3) is 0 Å². The topological polar surface area (TPSA) is 49.5 Å². The van der Waals surface area contributed by atoms with Crippen LogP contribution in [0.4, 0.5) is 0 Å². The summed E-state index contributed by atoms with van der Waals surface area (Å²) in [5.74, 6) is 0. The molecule has 4 heteroatoms. The van der Waals surface area contributed by atoms with Gasteiger partial charge in [0, 0.05) is 12.6 Å². The summed E-state index contributed by atoms with van der Waals surface area (Å²) in [5.41, 5.74) is 5.11. The zero-order chi connectivity index (χ0) is 16.6. The lowest BCUT2D eigenvalue weighted by atomic mass is 10.1. The number of hydrogen-bond acceptors (Lipinski definition) is 4. The van der Waals surface area contributed by atoms with Crippen LogP contribution >= 0.6 is 12.6 Å². The first-order valence-corrected chi connectivity index (χ1v) is 9.52. The second-order valence-corrected chi connectivity index (χ2v) is 6.93. The first-order valence-electron chi connectivity index (χ1n) is 9.01. The zero-order valence-electron chi connectivity index (χ0n) is 14.7. The second-order valence-electron chi connectivity index (χ2n) is 6.47. The fourth-order valence-electron chi connectivity index (χ4n) is 2.41. The van der Waals surface area contributed by atoms with Crippen LogP contribution in [0.15, 0.2) is 12.2 Å². The van der Waals surface area contributed by atoms with E-state index < -0.39 is 5.56 Å². The van der Waals surface area contributed by atoms with Crippen LogP contribution in [-0.2, 0) is 0 Å². The van der Waals surface area contributed by atoms with Crippen molar-refractivity contribution in [1.82, 2.24) is 4.90 Å². The van der Waals surface area contributed by atoms with Crippen molar-refractivity contribution in [2.75, 3.05) is 13.6 Å². The van der Waals surface area contributed by atoms with Crippen LogP contribution in [0, 0.1) is 0 Å². The minimum atomic E-state index is -0.621. The van der Waals surface area contributed by atoms with Crippen molar-refractivity contribution in [3.05, 3.63) is 12.2 Å². The van der Waals surface area contributed by atoms with Crippen molar-refractivity contribution in [2.45, 2.75) is 89.2 Å². The largest absolute Gasteiger partial charge is 0.369 e. The van der Waals surface area contributed by atoms with Gasteiger partial charge in [-0.25, -0.2) is 0 Å². The SMILES string of the molecule is CC(N)CCCCCC=CCCCCCCCN(C)C(O)S. The first kappa shape index (κ1) is 22.0. The number of allylic oxidation sites excluding steroid dienone is 2. The molecule has 3 nitrogen and oxygen atoms in total. The number of aliphatic hydroxyl groups excluding tert-OH is 1. The van der Waals surface area contributed by atoms with Crippen LogP contribution in [0.2, 0.25) is 0 Å². The Morgan fingerprint density at radius 2 is 1.45 bits per heavy atom. The lowest BCUT2D eigenvalue weighted by Gasteiger charge is -2.18. The molecule has 0 radical (unpaired) electrons. The average molecular weight is 331 g/mol. The van der Waals surface area contributed by atoms with Crippen molar-refractivity contribution in [3.63, 3.8) is 0 Å². The van der Waals surface area contributed by atoms with E-state index in [2.05, 4.69) is 31.7 Å². The van der Waals surface area contributed by atoms with Gasteiger partial charge in [0.15, 0.2) is 5.56 Å². The van der Waals surface area contributed by atoms with E-state index in [1.54, 1.807) is 0 Å². The maximum absolute atomic E-state index is 9.21. The molecule has 0 rings (SSSR count). The summed E-state index contributed by atoms with van der Waals surface area (Å²) in [6.45, 7) is 3.01. The van der Waals surface area contributed by atoms with E-state index in [1.807, 2.05) is 11.9 Å². The van der Waals surface area contributed by atoms with Crippen molar-refractivity contribution < 1.29 is 5.11 Å². The number of unbranched alkanes of at least 4 members (excludes halogenated alkanes) is 8. The monoisotopic (exact) mass is 330 g/mol. The molecule has 0 aromatic heterocycles. The third kappa shape index (κ3) is 16.3. The van der Waals surface area contributed by atoms with Gasteiger partial charge >= 0.3 is 0 Å². The van der Waals surface area contributed by atoms with Gasteiger partial charge in [0.05, 0.1) is 0 Å². The molecule has 0 aliphatic carbocycles. The Morgan fingerprint density at radius 1 is 0.955 bits per heavy atom. The number of nitrogens with zero attached hydrogens (tertiary/aromatic N) is 1. The Kier molecular flexibility index (Phi) is 15.8. The summed E-state index contributed by atoms with van der Waals surface area (Å²) in [4.78, 5) is 1.86. The number of aliphatic hydroxyl groups is 1. The molecule has 0 saturated heterocycles. The summed E-state index contributed by atoms with van der Waals surface area (Å²) >= 11 is 3.99. The van der Waals surface area contributed by atoms with Gasteiger partial charge in [-0.2, -0.15) is 0 Å². The van der Waals surface area contributed by atoms with Gasteiger partial charge in [0.1, 0.15) is 0 Å². The Morgan fingerprint density at radius 3 is 2.00 bits per heavy atom. The molecule has 0 spiro atoms. The average Bonchev–Trinajstić information content (AvgIpc) is 2.46. The van der Waals surface area contributed by atoms with Gasteiger partial charge in [-0.05, 0) is 52.5 Å². The molecule has 3 N–H and O–H groups in total. The smallest absolute Gasteiger partial charge is 0.152 e. The lowest BCUT2D eigenvalue weighted by molar-refractivity contribution is 0.0991. The van der Waals surface area contributed by atoms with E-state index in [0.29, 0.717) is 6.04 Å². The van der Waals surface area contributed by atoms with Crippen LogP contribution in [0.3, 0.4) is 0 Å². The highest BCUT2D eigenvalue weighted by Crippen LogP contribution is 2.09. The highest BCUT2D eigenvalue weighted by molar-refractivity contribution is 7.80. The third-order valence-corrected chi connectivity index (χ3v) is 4.37. The molecule has 0 fully saturated rings. The molecule has 22 heavy (non-hydrogen) atoms. The van der Waals surface area contributed by atoms with E-state index in [0.717, 1.165) is 19.4 Å². The Bertz CT molecular complexity index is 257. The predicted molar refractivity (Wildman–Crippen MR) is 101 cm³/mol. The number of thiol groups is 1. The number of nitrogens with two attached hydrogens (primary N) is 1. The molecular weight excluding hydrogens is 292 g/mol. The molecule has 0 aromatic rings. The molecule has 2 atom stereocenters. The summed E-state index contributed by atoms with van der Waals surface area (Å²) < 4.78 is 0. The highest BCUT2D eigenvalue weighted by Gasteiger charge is 2.03. The normalized spacial score (nSPS) is 14.8. The molecule has 0 aliphatic heterocycles. The van der Waals surface area contributed by atoms with Gasteiger partial charge < -0.3 is 10.8 Å². The second kappa shape index (κ2) is 15.9. The van der Waals surface area contributed by atoms with Crippen molar-refractivity contribution >= 4 is 12.6 Å². The summed E-state index contributed by atoms with van der Waals surface area (Å²) in [7, 11) is 1.90. The quantitative estimate of drug-likeness (QED) is 0.181. The fourth-order valence-corrected chi connectivity index (χ4v) is 2.53. The summed E-state index contributed by atoms with van der Waals surface area (Å²) in [6, 6.07) is 0.360. The minimum Gasteiger partial charge on any atom is -0.369 e. The summed E-state index contributed by atoms with van der Waals surface area (Å²) in [6.07, 6.45) is 18.4. The minimum absolute atomic E-state index is 0.360. The lowest BCUT2D eigenvalue weighted by Crippen LogP contribution is -2.27. The van der Waals surface area contributed by atoms with E-state index in [9.17, 15) is 5.11 Å². The van der Waals surface area contributed by atoms with E-state index in [-0.39, 0.29) is 0 Å². The number of hydrogen-bond donors (Lipinski definition) is 3. The van der Waals surface area contributed by atoms with Gasteiger partial charge in [0.2, 0.25) is 0 Å². The fraction of sp³-hybridized carbons (Fsp3) is 0.889. The summed E-state index contributed by atoms with van der Waals surface area (Å²) in [5, 5.41) is 9.21. The zero-order valence-corrected chi connectivity index (χ0v) is 15.6. The Labute approximate surface area is 143 Å². The van der Waals surface area contributed by atoms with Crippen LogP contribution in [-0.4, -0.2) is 35.2 Å². The van der Waals surface area contributed by atoms with Gasteiger partial charge in [-0.1, -0.05) is 44.3 Å². The molecule has 0 heterocycles. The van der Waals surface area contributed by atoms with E-state index >= 15 is 0 Å². The first-order chi connectivity index (χ1) is 10.5. The maximum Gasteiger partial charge on any atom is 0.152 e. The van der Waals surface area contributed by atoms with Crippen LogP contribution in [0.25, 0.3) is 0 Å². The Hall–Kier alpha value is -0.0300. The highest BCUT2D eigenvalue weighted by atomic mass is 32.1. The maximum atomic E-state index is 9.21. The van der Waals surface area contributed by atoms with Gasteiger partial charge in [-0.3, -0.25) is 4.90 Å². The van der Waals surface area contributed by atoms with E-state index in [4.69, 9.17) is 5.73 Å². The molecule has 0 aromatic carbocycles. The van der Waals surface area contributed by atoms with Crippen molar-refractivity contribution in [2.24, 2.45) is 5.73 Å². The third-order valence-electron chi connectivity index (χ3n) is 3.97. The Balaban J connectivity index is 3.17. The van der Waals surface area contributed by atoms with Crippen LogP contribution < -0.4 is 5.73 Å². The van der Waals surface area contributed by atoms with Crippen LogP contribution in [0.5, 0.6) is 0 Å². The van der Waals surface area contributed by atoms with Crippen molar-refractivity contribution in [3.8, 4) is 0 Å². The van der Waals surface area contributed by atoms with Crippen molar-refractivity contribution in [1.29, 1.82) is 0 Å². The molecule has 0 bridgehead atoms. The van der Waals surface area contributed by atoms with Crippen LogP contribution in [0.1, 0.15) is 77.6 Å². The molecule has 0 amide bonds. The molecule has 0 aliphatic rings. The van der Waals surface area contributed by atoms with E-state index in [1.165, 1.54) is 57.8 Å². The number of rotatable bonds is 15. The molecular formula is C18H38N2OS.